The fraction of sp³-hybridized carbons (Fsp3) is 0.250. The third-order valence-electron chi connectivity index (χ3n) is 2.57. The molecule has 2 N–H and O–H groups in total. The molecule has 1 aliphatic carbocycles. The summed E-state index contributed by atoms with van der Waals surface area (Å²) in [6.45, 7) is 0. The summed E-state index contributed by atoms with van der Waals surface area (Å²) in [5.41, 5.74) is 6.79. The maximum absolute atomic E-state index is 5.80. The van der Waals surface area contributed by atoms with Gasteiger partial charge in [0.1, 0.15) is 0 Å². The largest absolute Gasteiger partial charge is 0.382 e. The van der Waals surface area contributed by atoms with Gasteiger partial charge >= 0.3 is 0 Å². The molecule has 0 radical (unpaired) electrons. The van der Waals surface area contributed by atoms with Crippen molar-refractivity contribution in [1.29, 1.82) is 0 Å². The minimum Gasteiger partial charge on any atom is -0.382 e. The number of fused-ring (bicyclic) bond motifs is 1. The SMILES string of the molecule is Nc1nn(C#CC2CC2)c2ccccc12. The van der Waals surface area contributed by atoms with E-state index in [0.29, 0.717) is 11.7 Å². The standard InChI is InChI=1S/C12H11N3/c13-12-10-3-1-2-4-11(10)15(14-12)8-7-9-5-6-9/h1-4,9H,5-6H2,(H2,13,14). The van der Waals surface area contributed by atoms with Crippen molar-refractivity contribution in [3.63, 3.8) is 0 Å². The van der Waals surface area contributed by atoms with Crippen LogP contribution in [0.25, 0.3) is 10.9 Å². The third kappa shape index (κ3) is 1.44. The molecule has 1 aromatic heterocycles. The maximum Gasteiger partial charge on any atom is 0.154 e. The Morgan fingerprint density at radius 2 is 2.13 bits per heavy atom. The Morgan fingerprint density at radius 3 is 2.93 bits per heavy atom. The van der Waals surface area contributed by atoms with Crippen molar-refractivity contribution in [2.45, 2.75) is 12.8 Å². The normalized spacial score (nSPS) is 14.9. The first-order valence-corrected chi connectivity index (χ1v) is 5.09. The first kappa shape index (κ1) is 8.37. The van der Waals surface area contributed by atoms with E-state index in [1.54, 1.807) is 4.68 Å². The van der Waals surface area contributed by atoms with E-state index in [1.165, 1.54) is 12.8 Å². The van der Waals surface area contributed by atoms with Crippen molar-refractivity contribution >= 4 is 16.7 Å². The summed E-state index contributed by atoms with van der Waals surface area (Å²) in [6.07, 6.45) is 2.45. The van der Waals surface area contributed by atoms with Gasteiger partial charge in [0, 0.05) is 17.3 Å². The van der Waals surface area contributed by atoms with Crippen LogP contribution in [0.15, 0.2) is 24.3 Å². The van der Waals surface area contributed by atoms with Crippen LogP contribution in [-0.2, 0) is 0 Å². The number of benzene rings is 1. The first-order valence-electron chi connectivity index (χ1n) is 5.09. The molecular formula is C12H11N3. The molecule has 1 saturated carbocycles. The minimum atomic E-state index is 0.552. The second kappa shape index (κ2) is 3.03. The van der Waals surface area contributed by atoms with E-state index in [-0.39, 0.29) is 0 Å². The molecule has 1 heterocycles. The quantitative estimate of drug-likeness (QED) is 0.655. The summed E-state index contributed by atoms with van der Waals surface area (Å²) >= 11 is 0. The van der Waals surface area contributed by atoms with Crippen LogP contribution in [0.4, 0.5) is 5.82 Å². The molecule has 74 valence electrons. The van der Waals surface area contributed by atoms with Crippen LogP contribution in [-0.4, -0.2) is 9.78 Å². The molecule has 0 aliphatic heterocycles. The fourth-order valence-electron chi connectivity index (χ4n) is 1.56. The first-order chi connectivity index (χ1) is 7.34. The van der Waals surface area contributed by atoms with Gasteiger partial charge in [-0.05, 0) is 25.0 Å². The van der Waals surface area contributed by atoms with Gasteiger partial charge in [-0.3, -0.25) is 0 Å². The van der Waals surface area contributed by atoms with E-state index in [0.717, 1.165) is 10.9 Å². The molecule has 1 aliphatic rings. The Morgan fingerprint density at radius 1 is 1.33 bits per heavy atom. The summed E-state index contributed by atoms with van der Waals surface area (Å²) in [5, 5.41) is 5.18. The molecule has 2 aromatic rings. The topological polar surface area (TPSA) is 43.8 Å². The Labute approximate surface area is 87.9 Å². The molecule has 3 heteroatoms. The number of para-hydroxylation sites is 1. The third-order valence-corrected chi connectivity index (χ3v) is 2.57. The molecule has 0 unspecified atom stereocenters. The highest BCUT2D eigenvalue weighted by atomic mass is 15.3. The highest BCUT2D eigenvalue weighted by Gasteiger charge is 2.18. The molecule has 3 rings (SSSR count). The lowest BCUT2D eigenvalue weighted by Gasteiger charge is -1.89. The number of nitrogen functional groups attached to an aromatic ring is 1. The minimum absolute atomic E-state index is 0.552. The van der Waals surface area contributed by atoms with E-state index in [2.05, 4.69) is 17.1 Å². The second-order valence-electron chi connectivity index (χ2n) is 3.84. The Hall–Kier alpha value is -1.95. The lowest BCUT2D eigenvalue weighted by Crippen LogP contribution is -1.92. The van der Waals surface area contributed by atoms with Gasteiger partial charge in [0.15, 0.2) is 5.82 Å². The van der Waals surface area contributed by atoms with Crippen LogP contribution < -0.4 is 5.73 Å². The summed E-state index contributed by atoms with van der Waals surface area (Å²) in [7, 11) is 0. The van der Waals surface area contributed by atoms with Gasteiger partial charge in [0.05, 0.1) is 5.52 Å². The van der Waals surface area contributed by atoms with Gasteiger partial charge in [-0.25, -0.2) is 0 Å². The van der Waals surface area contributed by atoms with Gasteiger partial charge < -0.3 is 5.73 Å². The van der Waals surface area contributed by atoms with Crippen molar-refractivity contribution in [3.05, 3.63) is 24.3 Å². The number of aromatic nitrogens is 2. The van der Waals surface area contributed by atoms with E-state index in [9.17, 15) is 0 Å². The van der Waals surface area contributed by atoms with Crippen LogP contribution in [0.1, 0.15) is 12.8 Å². The average Bonchev–Trinajstić information content (AvgIpc) is 3.03. The van der Waals surface area contributed by atoms with E-state index in [4.69, 9.17) is 5.73 Å². The monoisotopic (exact) mass is 197 g/mol. The lowest BCUT2D eigenvalue weighted by atomic mass is 10.2. The van der Waals surface area contributed by atoms with E-state index < -0.39 is 0 Å². The molecule has 3 nitrogen and oxygen atoms in total. The van der Waals surface area contributed by atoms with Crippen molar-refractivity contribution in [3.8, 4) is 12.0 Å². The van der Waals surface area contributed by atoms with Crippen LogP contribution in [0.3, 0.4) is 0 Å². The lowest BCUT2D eigenvalue weighted by molar-refractivity contribution is 0.949. The predicted octanol–water partition coefficient (Wildman–Crippen LogP) is 1.84. The summed E-state index contributed by atoms with van der Waals surface area (Å²) in [6, 6.07) is 10.9. The Kier molecular flexibility index (Phi) is 1.69. The molecule has 1 fully saturated rings. The number of anilines is 1. The van der Waals surface area contributed by atoms with Crippen LogP contribution in [0.2, 0.25) is 0 Å². The van der Waals surface area contributed by atoms with Gasteiger partial charge in [0.2, 0.25) is 0 Å². The summed E-state index contributed by atoms with van der Waals surface area (Å²) in [5.74, 6) is 4.30. The molecule has 0 atom stereocenters. The molecule has 0 spiro atoms. The highest BCUT2D eigenvalue weighted by Crippen LogP contribution is 2.27. The number of nitrogens with zero attached hydrogens (tertiary/aromatic N) is 2. The highest BCUT2D eigenvalue weighted by molar-refractivity contribution is 5.89. The average molecular weight is 197 g/mol. The summed E-state index contributed by atoms with van der Waals surface area (Å²) in [4.78, 5) is 0. The molecule has 15 heavy (non-hydrogen) atoms. The number of hydrogen-bond donors (Lipinski definition) is 1. The van der Waals surface area contributed by atoms with Crippen molar-refractivity contribution < 1.29 is 0 Å². The zero-order valence-electron chi connectivity index (χ0n) is 8.27. The second-order valence-corrected chi connectivity index (χ2v) is 3.84. The Bertz CT molecular complexity index is 567. The zero-order chi connectivity index (χ0) is 10.3. The molecule has 0 bridgehead atoms. The van der Waals surface area contributed by atoms with E-state index in [1.807, 2.05) is 24.3 Å². The van der Waals surface area contributed by atoms with Crippen LogP contribution in [0.5, 0.6) is 0 Å². The maximum atomic E-state index is 5.80. The van der Waals surface area contributed by atoms with Crippen LogP contribution >= 0.6 is 0 Å². The van der Waals surface area contributed by atoms with Gasteiger partial charge in [-0.1, -0.05) is 18.1 Å². The summed E-state index contributed by atoms with van der Waals surface area (Å²) < 4.78 is 1.68. The number of nitrogens with two attached hydrogens (primary N) is 1. The number of rotatable bonds is 0. The Balaban J connectivity index is 2.14. The smallest absolute Gasteiger partial charge is 0.154 e. The molecule has 1 aromatic carbocycles. The zero-order valence-corrected chi connectivity index (χ0v) is 8.27. The number of hydrogen-bond acceptors (Lipinski definition) is 2. The van der Waals surface area contributed by atoms with Crippen molar-refractivity contribution in [2.24, 2.45) is 5.92 Å². The van der Waals surface area contributed by atoms with Gasteiger partial charge in [-0.15, -0.1) is 5.10 Å². The van der Waals surface area contributed by atoms with Gasteiger partial charge in [0.25, 0.3) is 0 Å². The molecular weight excluding hydrogens is 186 g/mol. The van der Waals surface area contributed by atoms with Crippen LogP contribution in [0, 0.1) is 17.9 Å². The van der Waals surface area contributed by atoms with Crippen molar-refractivity contribution in [1.82, 2.24) is 9.78 Å². The van der Waals surface area contributed by atoms with E-state index >= 15 is 0 Å². The van der Waals surface area contributed by atoms with Crippen molar-refractivity contribution in [2.75, 3.05) is 5.73 Å². The molecule has 0 amide bonds. The fourth-order valence-corrected chi connectivity index (χ4v) is 1.56. The molecule has 0 saturated heterocycles. The predicted molar refractivity (Wildman–Crippen MR) is 60.0 cm³/mol. The van der Waals surface area contributed by atoms with Gasteiger partial charge in [-0.2, -0.15) is 4.68 Å².